The Morgan fingerprint density at radius 3 is 2.94 bits per heavy atom. The third-order valence-electron chi connectivity index (χ3n) is 2.50. The number of nitrogens with one attached hydrogen (secondary N) is 1. The van der Waals surface area contributed by atoms with Crippen molar-refractivity contribution in [3.63, 3.8) is 0 Å². The lowest BCUT2D eigenvalue weighted by Gasteiger charge is -2.15. The van der Waals surface area contributed by atoms with E-state index in [4.69, 9.17) is 4.74 Å². The summed E-state index contributed by atoms with van der Waals surface area (Å²) >= 11 is 0. The van der Waals surface area contributed by atoms with Crippen LogP contribution in [0.4, 0.5) is 0 Å². The van der Waals surface area contributed by atoms with Crippen molar-refractivity contribution in [3.8, 4) is 11.5 Å². The molecule has 0 saturated carbocycles. The molecule has 0 bridgehead atoms. The highest BCUT2D eigenvalue weighted by molar-refractivity contribution is 5.42. The maximum Gasteiger partial charge on any atom is 0.160 e. The second-order valence-electron chi connectivity index (χ2n) is 3.68. The number of hydrogen-bond donors (Lipinski definition) is 2. The van der Waals surface area contributed by atoms with Gasteiger partial charge in [0.25, 0.3) is 0 Å². The normalized spacial score (nSPS) is 12.1. The van der Waals surface area contributed by atoms with Crippen molar-refractivity contribution in [3.05, 3.63) is 36.4 Å². The number of phenolic OH excluding ortho intramolecular Hbond substituents is 1. The van der Waals surface area contributed by atoms with Crippen molar-refractivity contribution >= 4 is 0 Å². The third-order valence-corrected chi connectivity index (χ3v) is 2.50. The molecular weight excluding hydrogens is 202 g/mol. The van der Waals surface area contributed by atoms with Crippen molar-refractivity contribution in [2.24, 2.45) is 0 Å². The maximum atomic E-state index is 9.47. The highest BCUT2D eigenvalue weighted by Gasteiger charge is 2.08. The largest absolute Gasteiger partial charge is 0.504 e. The first-order chi connectivity index (χ1) is 7.69. The molecule has 16 heavy (non-hydrogen) atoms. The molecular formula is C13H19NO2. The van der Waals surface area contributed by atoms with Crippen LogP contribution in [-0.2, 0) is 0 Å². The monoisotopic (exact) mass is 221 g/mol. The standard InChI is InChI=1S/C13H19NO2/c1-4-5-8-14-10(2)11-6-7-12(15)13(9-11)16-3/h4,6-7,9-10,14-15H,1,5,8H2,2-3H3. The summed E-state index contributed by atoms with van der Waals surface area (Å²) in [6.45, 7) is 6.65. The molecule has 0 fully saturated rings. The Hall–Kier alpha value is -1.48. The maximum absolute atomic E-state index is 9.47. The summed E-state index contributed by atoms with van der Waals surface area (Å²) in [6, 6.07) is 5.62. The molecule has 1 unspecified atom stereocenters. The average molecular weight is 221 g/mol. The Balaban J connectivity index is 2.67. The minimum absolute atomic E-state index is 0.171. The van der Waals surface area contributed by atoms with Gasteiger partial charge < -0.3 is 15.2 Å². The Morgan fingerprint density at radius 1 is 1.56 bits per heavy atom. The van der Waals surface area contributed by atoms with Gasteiger partial charge in [-0.3, -0.25) is 0 Å². The summed E-state index contributed by atoms with van der Waals surface area (Å²) in [5.74, 6) is 0.680. The molecule has 0 radical (unpaired) electrons. The molecule has 0 spiro atoms. The van der Waals surface area contributed by atoms with Crippen molar-refractivity contribution in [2.45, 2.75) is 19.4 Å². The minimum Gasteiger partial charge on any atom is -0.504 e. The van der Waals surface area contributed by atoms with Crippen LogP contribution < -0.4 is 10.1 Å². The van der Waals surface area contributed by atoms with Crippen LogP contribution in [0.3, 0.4) is 0 Å². The van der Waals surface area contributed by atoms with Gasteiger partial charge in [0.15, 0.2) is 11.5 Å². The number of ether oxygens (including phenoxy) is 1. The molecule has 3 heteroatoms. The molecule has 0 aliphatic heterocycles. The van der Waals surface area contributed by atoms with Gasteiger partial charge in [0.1, 0.15) is 0 Å². The first-order valence-electron chi connectivity index (χ1n) is 5.40. The van der Waals surface area contributed by atoms with Crippen LogP contribution in [0.5, 0.6) is 11.5 Å². The van der Waals surface area contributed by atoms with E-state index in [1.54, 1.807) is 13.2 Å². The molecule has 0 aliphatic carbocycles. The quantitative estimate of drug-likeness (QED) is 0.573. The van der Waals surface area contributed by atoms with E-state index >= 15 is 0 Å². The molecule has 3 nitrogen and oxygen atoms in total. The zero-order valence-corrected chi connectivity index (χ0v) is 9.86. The summed E-state index contributed by atoms with van der Waals surface area (Å²) in [5.41, 5.74) is 1.10. The van der Waals surface area contributed by atoms with E-state index in [0.29, 0.717) is 5.75 Å². The Bertz CT molecular complexity index is 350. The van der Waals surface area contributed by atoms with Crippen molar-refractivity contribution in [2.75, 3.05) is 13.7 Å². The van der Waals surface area contributed by atoms with Crippen LogP contribution in [0.15, 0.2) is 30.9 Å². The molecule has 1 rings (SSSR count). The van der Waals surface area contributed by atoms with Gasteiger partial charge in [0.05, 0.1) is 7.11 Å². The van der Waals surface area contributed by atoms with Crippen LogP contribution in [0, 0.1) is 0 Å². The van der Waals surface area contributed by atoms with Crippen molar-refractivity contribution in [1.29, 1.82) is 0 Å². The van der Waals surface area contributed by atoms with Crippen LogP contribution in [0.25, 0.3) is 0 Å². The van der Waals surface area contributed by atoms with Crippen LogP contribution in [0.1, 0.15) is 24.9 Å². The highest BCUT2D eigenvalue weighted by atomic mass is 16.5. The number of aromatic hydroxyl groups is 1. The summed E-state index contributed by atoms with van der Waals surface area (Å²) in [7, 11) is 1.55. The Morgan fingerprint density at radius 2 is 2.31 bits per heavy atom. The molecule has 0 aromatic heterocycles. The Labute approximate surface area is 96.8 Å². The number of phenols is 1. The van der Waals surface area contributed by atoms with E-state index < -0.39 is 0 Å². The lowest BCUT2D eigenvalue weighted by Crippen LogP contribution is -2.19. The fourth-order valence-corrected chi connectivity index (χ4v) is 1.48. The van der Waals surface area contributed by atoms with Crippen molar-refractivity contribution < 1.29 is 9.84 Å². The average Bonchev–Trinajstić information content (AvgIpc) is 2.30. The van der Waals surface area contributed by atoms with E-state index in [9.17, 15) is 5.11 Å². The van der Waals surface area contributed by atoms with E-state index in [1.807, 2.05) is 18.2 Å². The fourth-order valence-electron chi connectivity index (χ4n) is 1.48. The first-order valence-corrected chi connectivity index (χ1v) is 5.40. The smallest absolute Gasteiger partial charge is 0.160 e. The first kappa shape index (κ1) is 12.6. The molecule has 1 aromatic carbocycles. The van der Waals surface area contributed by atoms with E-state index in [-0.39, 0.29) is 11.8 Å². The van der Waals surface area contributed by atoms with Crippen LogP contribution in [-0.4, -0.2) is 18.8 Å². The van der Waals surface area contributed by atoms with E-state index in [2.05, 4.69) is 18.8 Å². The Kier molecular flexibility index (Phi) is 4.86. The van der Waals surface area contributed by atoms with Gasteiger partial charge in [-0.1, -0.05) is 12.1 Å². The summed E-state index contributed by atoms with van der Waals surface area (Å²) < 4.78 is 5.07. The predicted octanol–water partition coefficient (Wildman–Crippen LogP) is 2.63. The number of rotatable bonds is 6. The SMILES string of the molecule is C=CCCNC(C)c1ccc(O)c(OC)c1. The minimum atomic E-state index is 0.171. The number of hydrogen-bond acceptors (Lipinski definition) is 3. The topological polar surface area (TPSA) is 41.5 Å². The molecule has 0 heterocycles. The number of benzene rings is 1. The fraction of sp³-hybridized carbons (Fsp3) is 0.385. The van der Waals surface area contributed by atoms with E-state index in [0.717, 1.165) is 18.5 Å². The molecule has 1 aromatic rings. The van der Waals surface area contributed by atoms with Gasteiger partial charge in [-0.25, -0.2) is 0 Å². The molecule has 1 atom stereocenters. The molecule has 88 valence electrons. The predicted molar refractivity (Wildman–Crippen MR) is 65.9 cm³/mol. The molecule has 0 amide bonds. The van der Waals surface area contributed by atoms with Gasteiger partial charge in [-0.2, -0.15) is 0 Å². The molecule has 2 N–H and O–H groups in total. The highest BCUT2D eigenvalue weighted by Crippen LogP contribution is 2.28. The van der Waals surface area contributed by atoms with Crippen molar-refractivity contribution in [1.82, 2.24) is 5.32 Å². The van der Waals surface area contributed by atoms with E-state index in [1.165, 1.54) is 0 Å². The van der Waals surface area contributed by atoms with Gasteiger partial charge in [-0.05, 0) is 37.6 Å². The van der Waals surface area contributed by atoms with Gasteiger partial charge in [0.2, 0.25) is 0 Å². The summed E-state index contributed by atoms with van der Waals surface area (Å²) in [5, 5.41) is 12.8. The van der Waals surface area contributed by atoms with Gasteiger partial charge >= 0.3 is 0 Å². The van der Waals surface area contributed by atoms with Gasteiger partial charge in [0, 0.05) is 6.04 Å². The van der Waals surface area contributed by atoms with Crippen LogP contribution in [0.2, 0.25) is 0 Å². The summed E-state index contributed by atoms with van der Waals surface area (Å²) in [6.07, 6.45) is 2.83. The zero-order chi connectivity index (χ0) is 12.0. The van der Waals surface area contributed by atoms with Gasteiger partial charge in [-0.15, -0.1) is 6.58 Å². The molecule has 0 saturated heterocycles. The third kappa shape index (κ3) is 3.28. The lowest BCUT2D eigenvalue weighted by molar-refractivity contribution is 0.372. The summed E-state index contributed by atoms with van der Waals surface area (Å²) in [4.78, 5) is 0. The van der Waals surface area contributed by atoms with Crippen LogP contribution >= 0.6 is 0 Å². The molecule has 0 aliphatic rings. The second kappa shape index (κ2) is 6.18. The second-order valence-corrected chi connectivity index (χ2v) is 3.68. The zero-order valence-electron chi connectivity index (χ0n) is 9.86. The number of methoxy groups -OCH3 is 1. The lowest BCUT2D eigenvalue weighted by atomic mass is 10.1.